The van der Waals surface area contributed by atoms with Crippen molar-refractivity contribution in [2.45, 2.75) is 59.8 Å². The van der Waals surface area contributed by atoms with Gasteiger partial charge >= 0.3 is 0 Å². The highest BCUT2D eigenvalue weighted by atomic mass is 14.9. The third-order valence-electron chi connectivity index (χ3n) is 8.32. The van der Waals surface area contributed by atoms with Crippen LogP contribution in [0.5, 0.6) is 0 Å². The van der Waals surface area contributed by atoms with Gasteiger partial charge in [0.05, 0.1) is 0 Å². The molecule has 4 saturated carbocycles. The van der Waals surface area contributed by atoms with E-state index in [0.29, 0.717) is 0 Å². The lowest BCUT2D eigenvalue weighted by Crippen LogP contribution is -2.88. The number of rotatable bonds is 2. The Hall–Kier alpha value is 0. The minimum absolute atomic E-state index is 0.782. The van der Waals surface area contributed by atoms with Gasteiger partial charge in [0.1, 0.15) is 0 Å². The van der Waals surface area contributed by atoms with E-state index in [2.05, 4.69) is 27.7 Å². The molecule has 4 aliphatic carbocycles. The van der Waals surface area contributed by atoms with Gasteiger partial charge in [-0.25, -0.2) is 0 Å². The SMILES string of the molecule is CC1C2C(C)C3(CC4CCCC4)C(C)C1C23C. The molecule has 0 aromatic rings. The van der Waals surface area contributed by atoms with Gasteiger partial charge in [-0.3, -0.25) is 0 Å². The molecule has 4 aliphatic rings. The van der Waals surface area contributed by atoms with Crippen LogP contribution >= 0.6 is 0 Å². The summed E-state index contributed by atoms with van der Waals surface area (Å²) in [4.78, 5) is 0. The van der Waals surface area contributed by atoms with Gasteiger partial charge in [0.25, 0.3) is 0 Å². The van der Waals surface area contributed by atoms with E-state index in [-0.39, 0.29) is 0 Å². The molecule has 0 aromatic heterocycles. The van der Waals surface area contributed by atoms with Gasteiger partial charge in [-0.05, 0) is 52.8 Å². The summed E-state index contributed by atoms with van der Waals surface area (Å²) in [6.07, 6.45) is 7.71. The monoisotopic (exact) mass is 232 g/mol. The van der Waals surface area contributed by atoms with Gasteiger partial charge in [-0.2, -0.15) is 0 Å². The Kier molecular flexibility index (Phi) is 1.88. The molecule has 0 bridgehead atoms. The largest absolute Gasteiger partial charge is 0.0619 e. The Morgan fingerprint density at radius 2 is 1.47 bits per heavy atom. The molecule has 17 heavy (non-hydrogen) atoms. The highest BCUT2D eigenvalue weighted by molar-refractivity contribution is 5.34. The second-order valence-electron chi connectivity index (χ2n) is 8.17. The first-order valence-corrected chi connectivity index (χ1v) is 8.05. The fourth-order valence-electron chi connectivity index (χ4n) is 8.12. The average molecular weight is 232 g/mol. The van der Waals surface area contributed by atoms with Crippen molar-refractivity contribution in [3.63, 3.8) is 0 Å². The highest BCUT2D eigenvalue weighted by Gasteiger charge is 2.88. The fourth-order valence-corrected chi connectivity index (χ4v) is 8.12. The van der Waals surface area contributed by atoms with Crippen molar-refractivity contribution < 1.29 is 0 Å². The third-order valence-corrected chi connectivity index (χ3v) is 8.32. The van der Waals surface area contributed by atoms with Crippen LogP contribution in [0.3, 0.4) is 0 Å². The summed E-state index contributed by atoms with van der Waals surface area (Å²) in [5.41, 5.74) is 1.57. The Labute approximate surface area is 107 Å². The summed E-state index contributed by atoms with van der Waals surface area (Å²) < 4.78 is 0. The zero-order chi connectivity index (χ0) is 12.0. The normalized spacial score (nSPS) is 64.6. The summed E-state index contributed by atoms with van der Waals surface area (Å²) in [5, 5.41) is 0. The van der Waals surface area contributed by atoms with Gasteiger partial charge in [-0.1, -0.05) is 53.4 Å². The van der Waals surface area contributed by atoms with Gasteiger partial charge < -0.3 is 0 Å². The van der Waals surface area contributed by atoms with Gasteiger partial charge in [0.15, 0.2) is 0 Å². The van der Waals surface area contributed by atoms with Crippen LogP contribution < -0.4 is 0 Å². The van der Waals surface area contributed by atoms with Crippen LogP contribution in [0.25, 0.3) is 0 Å². The number of hydrogen-bond donors (Lipinski definition) is 0. The average Bonchev–Trinajstić information content (AvgIpc) is 2.76. The van der Waals surface area contributed by atoms with Crippen molar-refractivity contribution >= 4 is 0 Å². The maximum atomic E-state index is 2.65. The second kappa shape index (κ2) is 2.94. The molecule has 0 spiro atoms. The predicted molar refractivity (Wildman–Crippen MR) is 71.6 cm³/mol. The van der Waals surface area contributed by atoms with Crippen molar-refractivity contribution in [3.8, 4) is 0 Å². The molecule has 0 N–H and O–H groups in total. The Bertz CT molecular complexity index is 331. The van der Waals surface area contributed by atoms with Crippen LogP contribution in [-0.4, -0.2) is 0 Å². The summed E-state index contributed by atoms with van der Waals surface area (Å²) >= 11 is 0. The third kappa shape index (κ3) is 0.843. The summed E-state index contributed by atoms with van der Waals surface area (Å²) in [6.45, 7) is 10.4. The van der Waals surface area contributed by atoms with E-state index in [4.69, 9.17) is 0 Å². The molecule has 0 aromatic carbocycles. The Morgan fingerprint density at radius 3 is 1.94 bits per heavy atom. The molecule has 4 rings (SSSR count). The molecule has 0 nitrogen and oxygen atoms in total. The van der Waals surface area contributed by atoms with Crippen molar-refractivity contribution in [3.05, 3.63) is 0 Å². The van der Waals surface area contributed by atoms with E-state index in [0.717, 1.165) is 46.3 Å². The molecule has 0 heterocycles. The van der Waals surface area contributed by atoms with Gasteiger partial charge in [0.2, 0.25) is 0 Å². The first kappa shape index (κ1) is 10.9. The molecule has 0 radical (unpaired) electrons. The molecule has 0 amide bonds. The quantitative estimate of drug-likeness (QED) is 0.645. The van der Waals surface area contributed by atoms with Gasteiger partial charge in [-0.15, -0.1) is 0 Å². The van der Waals surface area contributed by atoms with Crippen LogP contribution in [0.2, 0.25) is 0 Å². The van der Waals surface area contributed by atoms with Crippen molar-refractivity contribution in [1.82, 2.24) is 0 Å². The lowest BCUT2D eigenvalue weighted by molar-refractivity contribution is -0.456. The molecule has 4 fully saturated rings. The molecule has 4 atom stereocenters. The van der Waals surface area contributed by atoms with Crippen LogP contribution in [0, 0.1) is 46.3 Å². The highest BCUT2D eigenvalue weighted by Crippen LogP contribution is 2.92. The molecule has 0 heteroatoms. The van der Waals surface area contributed by atoms with E-state index in [1.807, 2.05) is 0 Å². The molecular formula is C17H28. The number of hydrogen-bond acceptors (Lipinski definition) is 0. The zero-order valence-corrected chi connectivity index (χ0v) is 12.0. The van der Waals surface area contributed by atoms with Crippen LogP contribution in [0.1, 0.15) is 59.8 Å². The van der Waals surface area contributed by atoms with Crippen LogP contribution in [-0.2, 0) is 0 Å². The zero-order valence-electron chi connectivity index (χ0n) is 12.0. The van der Waals surface area contributed by atoms with Crippen molar-refractivity contribution in [2.24, 2.45) is 46.3 Å². The van der Waals surface area contributed by atoms with Crippen LogP contribution in [0.15, 0.2) is 0 Å². The maximum absolute atomic E-state index is 2.65. The summed E-state index contributed by atoms with van der Waals surface area (Å²) in [6, 6.07) is 0. The predicted octanol–water partition coefficient (Wildman–Crippen LogP) is 4.74. The molecule has 0 saturated heterocycles. The van der Waals surface area contributed by atoms with E-state index in [1.165, 1.54) is 12.8 Å². The topological polar surface area (TPSA) is 0 Å². The minimum atomic E-state index is 0.782. The molecular weight excluding hydrogens is 204 g/mol. The Morgan fingerprint density at radius 1 is 0.941 bits per heavy atom. The van der Waals surface area contributed by atoms with E-state index >= 15 is 0 Å². The minimum Gasteiger partial charge on any atom is -0.0619 e. The summed E-state index contributed by atoms with van der Waals surface area (Å²) in [7, 11) is 0. The van der Waals surface area contributed by atoms with Crippen LogP contribution in [0.4, 0.5) is 0 Å². The fraction of sp³-hybridized carbons (Fsp3) is 1.00. The standard InChI is InChI=1S/C17H28/c1-10-14-11(2)17(9-13-7-5-6-8-13)12(3)15(10)16(14,17)4/h10-15H,5-9H2,1-4H3. The smallest absolute Gasteiger partial charge is 0.0178 e. The Balaban J connectivity index is 1.61. The van der Waals surface area contributed by atoms with E-state index in [1.54, 1.807) is 19.3 Å². The van der Waals surface area contributed by atoms with Crippen molar-refractivity contribution in [1.29, 1.82) is 0 Å². The first-order chi connectivity index (χ1) is 8.05. The second-order valence-corrected chi connectivity index (χ2v) is 8.17. The van der Waals surface area contributed by atoms with E-state index in [9.17, 15) is 0 Å². The van der Waals surface area contributed by atoms with Crippen molar-refractivity contribution in [2.75, 3.05) is 0 Å². The van der Waals surface area contributed by atoms with Gasteiger partial charge in [0, 0.05) is 0 Å². The summed E-state index contributed by atoms with van der Waals surface area (Å²) in [5.74, 6) is 6.37. The molecule has 96 valence electrons. The van der Waals surface area contributed by atoms with E-state index < -0.39 is 0 Å². The lowest BCUT2D eigenvalue weighted by atomic mass is 9.12. The lowest BCUT2D eigenvalue weighted by Gasteiger charge is -2.92. The first-order valence-electron chi connectivity index (χ1n) is 8.05. The molecule has 0 aliphatic heterocycles. The maximum Gasteiger partial charge on any atom is -0.0178 e. The molecule has 4 unspecified atom stereocenters.